The Labute approximate surface area is 108 Å². The van der Waals surface area contributed by atoms with Gasteiger partial charge < -0.3 is 15.5 Å². The van der Waals surface area contributed by atoms with Crippen molar-refractivity contribution in [3.05, 3.63) is 53.6 Å². The van der Waals surface area contributed by atoms with Gasteiger partial charge in [-0.15, -0.1) is 0 Å². The Morgan fingerprint density at radius 2 is 1.95 bits per heavy atom. The predicted molar refractivity (Wildman–Crippen MR) is 66.2 cm³/mol. The van der Waals surface area contributed by atoms with Gasteiger partial charge in [-0.3, -0.25) is 9.78 Å². The number of carbonyl (C=O) groups excluding carboxylic acids is 1. The number of rotatable bonds is 3. The van der Waals surface area contributed by atoms with Gasteiger partial charge in [-0.1, -0.05) is 0 Å². The van der Waals surface area contributed by atoms with Crippen LogP contribution in [0.5, 0.6) is 5.75 Å². The van der Waals surface area contributed by atoms with E-state index in [1.807, 2.05) is 0 Å². The minimum Gasteiger partial charge on any atom is -0.506 e. The van der Waals surface area contributed by atoms with E-state index in [1.54, 1.807) is 0 Å². The second-order valence-corrected chi connectivity index (χ2v) is 3.80. The maximum Gasteiger partial charge on any atom is 0.255 e. The molecule has 0 fully saturated rings. The Balaban J connectivity index is 2.24. The van der Waals surface area contributed by atoms with E-state index in [9.17, 15) is 14.3 Å². The molecule has 0 atom stereocenters. The third kappa shape index (κ3) is 2.86. The molecule has 1 amide bonds. The van der Waals surface area contributed by atoms with Crippen molar-refractivity contribution in [2.24, 2.45) is 0 Å². The van der Waals surface area contributed by atoms with E-state index >= 15 is 0 Å². The number of nitrogens with zero attached hydrogens (tertiary/aromatic N) is 1. The largest absolute Gasteiger partial charge is 0.506 e. The van der Waals surface area contributed by atoms with E-state index in [-0.39, 0.29) is 22.6 Å². The number of hydrogen-bond acceptors (Lipinski definition) is 4. The molecule has 6 heteroatoms. The summed E-state index contributed by atoms with van der Waals surface area (Å²) in [6.45, 7) is -0.437. The molecule has 19 heavy (non-hydrogen) atoms. The van der Waals surface area contributed by atoms with Gasteiger partial charge in [0.1, 0.15) is 11.6 Å². The van der Waals surface area contributed by atoms with E-state index in [2.05, 4.69) is 10.3 Å². The number of amides is 1. The van der Waals surface area contributed by atoms with Crippen molar-refractivity contribution < 1.29 is 19.4 Å². The highest BCUT2D eigenvalue weighted by Gasteiger charge is 2.12. The number of benzene rings is 1. The molecule has 0 spiro atoms. The molecular formula is C13H11FN2O3. The molecule has 0 radical (unpaired) electrons. The van der Waals surface area contributed by atoms with Crippen molar-refractivity contribution in [3.63, 3.8) is 0 Å². The van der Waals surface area contributed by atoms with Crippen LogP contribution in [-0.4, -0.2) is 21.1 Å². The van der Waals surface area contributed by atoms with Crippen LogP contribution in [0, 0.1) is 5.82 Å². The van der Waals surface area contributed by atoms with Gasteiger partial charge in [-0.2, -0.15) is 0 Å². The van der Waals surface area contributed by atoms with Crippen molar-refractivity contribution in [1.29, 1.82) is 0 Å². The second-order valence-electron chi connectivity index (χ2n) is 3.80. The number of anilines is 1. The monoisotopic (exact) mass is 262 g/mol. The summed E-state index contributed by atoms with van der Waals surface area (Å²) in [4.78, 5) is 15.6. The maximum absolute atomic E-state index is 12.7. The molecule has 0 saturated carbocycles. The van der Waals surface area contributed by atoms with E-state index in [0.717, 1.165) is 0 Å². The highest BCUT2D eigenvalue weighted by molar-refractivity contribution is 6.04. The lowest BCUT2D eigenvalue weighted by atomic mass is 10.2. The Morgan fingerprint density at radius 1 is 1.26 bits per heavy atom. The number of aromatic nitrogens is 1. The summed E-state index contributed by atoms with van der Waals surface area (Å²) in [5.41, 5.74) is 0.635. The van der Waals surface area contributed by atoms with Crippen molar-refractivity contribution >= 4 is 11.6 Å². The van der Waals surface area contributed by atoms with Crippen LogP contribution < -0.4 is 5.32 Å². The van der Waals surface area contributed by atoms with Crippen LogP contribution in [0.1, 0.15) is 15.9 Å². The molecule has 0 aliphatic rings. The molecule has 0 aliphatic carbocycles. The molecular weight excluding hydrogens is 251 g/mol. The highest BCUT2D eigenvalue weighted by atomic mass is 19.1. The van der Waals surface area contributed by atoms with Crippen molar-refractivity contribution in [1.82, 2.24) is 4.98 Å². The predicted octanol–water partition coefficient (Wildman–Crippen LogP) is 1.67. The quantitative estimate of drug-likeness (QED) is 0.785. The number of aliphatic hydroxyl groups is 1. The molecule has 2 aromatic rings. The molecule has 1 aromatic carbocycles. The fourth-order valence-electron chi connectivity index (χ4n) is 1.55. The standard InChI is InChI=1S/C13H11FN2O3/c14-9-3-1-8(2-4-9)13(19)16-11-5-15-6-12(18)10(11)7-17/h1-6,17-18H,7H2,(H,16,19). The Bertz CT molecular complexity index is 599. The van der Waals surface area contributed by atoms with Crippen LogP contribution in [0.25, 0.3) is 0 Å². The van der Waals surface area contributed by atoms with Crippen molar-refractivity contribution in [2.75, 3.05) is 5.32 Å². The number of halogens is 1. The molecule has 2 rings (SSSR count). The van der Waals surface area contributed by atoms with Gasteiger partial charge in [-0.05, 0) is 24.3 Å². The molecule has 0 saturated heterocycles. The van der Waals surface area contributed by atoms with Gasteiger partial charge in [-0.25, -0.2) is 4.39 Å². The SMILES string of the molecule is O=C(Nc1cncc(O)c1CO)c1ccc(F)cc1. The first-order valence-electron chi connectivity index (χ1n) is 5.45. The smallest absolute Gasteiger partial charge is 0.255 e. The lowest BCUT2D eigenvalue weighted by Gasteiger charge is -2.10. The molecule has 1 heterocycles. The van der Waals surface area contributed by atoms with E-state index in [1.165, 1.54) is 36.7 Å². The lowest BCUT2D eigenvalue weighted by molar-refractivity contribution is 0.102. The molecule has 0 aliphatic heterocycles. The number of pyridine rings is 1. The first kappa shape index (κ1) is 13.0. The van der Waals surface area contributed by atoms with Gasteiger partial charge in [0.05, 0.1) is 24.7 Å². The fourth-order valence-corrected chi connectivity index (χ4v) is 1.55. The third-order valence-electron chi connectivity index (χ3n) is 2.55. The molecule has 0 unspecified atom stereocenters. The van der Waals surface area contributed by atoms with Gasteiger partial charge in [0.25, 0.3) is 5.91 Å². The highest BCUT2D eigenvalue weighted by Crippen LogP contribution is 2.24. The number of aromatic hydroxyl groups is 1. The normalized spacial score (nSPS) is 10.2. The Kier molecular flexibility index (Phi) is 3.72. The van der Waals surface area contributed by atoms with E-state index in [0.29, 0.717) is 0 Å². The number of aliphatic hydroxyl groups excluding tert-OH is 1. The number of nitrogens with one attached hydrogen (secondary N) is 1. The zero-order valence-corrected chi connectivity index (χ0v) is 9.80. The summed E-state index contributed by atoms with van der Waals surface area (Å²) in [6.07, 6.45) is 2.48. The topological polar surface area (TPSA) is 82.5 Å². The lowest BCUT2D eigenvalue weighted by Crippen LogP contribution is -2.13. The summed E-state index contributed by atoms with van der Waals surface area (Å²) in [5, 5.41) is 21.1. The summed E-state index contributed by atoms with van der Waals surface area (Å²) in [5.74, 6) is -1.13. The zero-order valence-electron chi connectivity index (χ0n) is 9.80. The first-order chi connectivity index (χ1) is 9.11. The first-order valence-corrected chi connectivity index (χ1v) is 5.45. The van der Waals surface area contributed by atoms with E-state index < -0.39 is 18.3 Å². The van der Waals surface area contributed by atoms with Gasteiger partial charge in [0, 0.05) is 11.1 Å². The molecule has 98 valence electrons. The van der Waals surface area contributed by atoms with Gasteiger partial charge in [0.15, 0.2) is 0 Å². The average Bonchev–Trinajstić information content (AvgIpc) is 2.39. The minimum absolute atomic E-state index is 0.172. The summed E-state index contributed by atoms with van der Waals surface area (Å²) in [7, 11) is 0. The molecule has 1 aromatic heterocycles. The van der Waals surface area contributed by atoms with Crippen LogP contribution in [-0.2, 0) is 6.61 Å². The Morgan fingerprint density at radius 3 is 2.58 bits per heavy atom. The molecule has 5 nitrogen and oxygen atoms in total. The maximum atomic E-state index is 12.7. The third-order valence-corrected chi connectivity index (χ3v) is 2.55. The van der Waals surface area contributed by atoms with Crippen LogP contribution >= 0.6 is 0 Å². The average molecular weight is 262 g/mol. The summed E-state index contributed by atoms with van der Waals surface area (Å²) < 4.78 is 12.7. The Hall–Kier alpha value is -2.47. The van der Waals surface area contributed by atoms with Crippen LogP contribution in [0.3, 0.4) is 0 Å². The van der Waals surface area contributed by atoms with Gasteiger partial charge in [0.2, 0.25) is 0 Å². The minimum atomic E-state index is -0.484. The number of carbonyl (C=O) groups is 1. The van der Waals surface area contributed by atoms with Gasteiger partial charge >= 0.3 is 0 Å². The van der Waals surface area contributed by atoms with Crippen LogP contribution in [0.4, 0.5) is 10.1 Å². The number of hydrogen-bond donors (Lipinski definition) is 3. The zero-order chi connectivity index (χ0) is 13.8. The van der Waals surface area contributed by atoms with Crippen molar-refractivity contribution in [2.45, 2.75) is 6.61 Å². The molecule has 0 bridgehead atoms. The second kappa shape index (κ2) is 5.45. The van der Waals surface area contributed by atoms with E-state index in [4.69, 9.17) is 5.11 Å². The fraction of sp³-hybridized carbons (Fsp3) is 0.0769. The van der Waals surface area contributed by atoms with Crippen LogP contribution in [0.2, 0.25) is 0 Å². The van der Waals surface area contributed by atoms with Crippen LogP contribution in [0.15, 0.2) is 36.7 Å². The summed E-state index contributed by atoms with van der Waals surface area (Å²) >= 11 is 0. The summed E-state index contributed by atoms with van der Waals surface area (Å²) in [6, 6.07) is 5.00. The van der Waals surface area contributed by atoms with Crippen molar-refractivity contribution in [3.8, 4) is 5.75 Å². The molecule has 3 N–H and O–H groups in total.